The van der Waals surface area contributed by atoms with E-state index in [0.717, 1.165) is 11.1 Å². The molecule has 2 aromatic rings. The van der Waals surface area contributed by atoms with Crippen molar-refractivity contribution in [2.75, 3.05) is 5.32 Å². The number of carbonyl (C=O) groups is 1. The van der Waals surface area contributed by atoms with Gasteiger partial charge in [-0.05, 0) is 48.6 Å². The number of nitrogens with one attached hydrogen (secondary N) is 1. The standard InChI is InChI=1S/C16H16BNO3.C2H6/c1-10-5-3-4-6-13(10)16(19)18-12-7-8-14-11(2)21-17(20)15(14)9-12;1-2/h3-9,11,20H,1-2H3,(H,18,19);1-2H3. The van der Waals surface area contributed by atoms with Gasteiger partial charge in [0.2, 0.25) is 0 Å². The van der Waals surface area contributed by atoms with Crippen molar-refractivity contribution in [3.05, 3.63) is 59.2 Å². The Labute approximate surface area is 137 Å². The normalized spacial score (nSPS) is 15.5. The van der Waals surface area contributed by atoms with Crippen LogP contribution in [0, 0.1) is 6.92 Å². The van der Waals surface area contributed by atoms with E-state index < -0.39 is 7.12 Å². The van der Waals surface area contributed by atoms with Gasteiger partial charge in [0.05, 0.1) is 6.10 Å². The van der Waals surface area contributed by atoms with Crippen molar-refractivity contribution < 1.29 is 14.5 Å². The summed E-state index contributed by atoms with van der Waals surface area (Å²) in [6.45, 7) is 7.79. The first-order chi connectivity index (χ1) is 11.1. The zero-order chi connectivity index (χ0) is 17.0. The predicted octanol–water partition coefficient (Wildman–Crippen LogP) is 3.05. The number of anilines is 1. The second-order valence-corrected chi connectivity index (χ2v) is 5.24. The first-order valence-electron chi connectivity index (χ1n) is 7.90. The minimum Gasteiger partial charge on any atom is -0.423 e. The van der Waals surface area contributed by atoms with Gasteiger partial charge in [-0.25, -0.2) is 0 Å². The number of rotatable bonds is 2. The SMILES string of the molecule is CC.Cc1ccccc1C(=O)Nc1ccc2c(c1)B(O)OC2C. The molecule has 0 spiro atoms. The topological polar surface area (TPSA) is 58.6 Å². The van der Waals surface area contributed by atoms with Gasteiger partial charge in [0.25, 0.3) is 5.91 Å². The molecule has 1 heterocycles. The van der Waals surface area contributed by atoms with E-state index in [1.807, 2.05) is 58.0 Å². The molecule has 1 amide bonds. The smallest absolute Gasteiger partial charge is 0.423 e. The van der Waals surface area contributed by atoms with E-state index in [-0.39, 0.29) is 12.0 Å². The monoisotopic (exact) mass is 311 g/mol. The Bertz CT molecular complexity index is 702. The van der Waals surface area contributed by atoms with Gasteiger partial charge in [-0.15, -0.1) is 0 Å². The summed E-state index contributed by atoms with van der Waals surface area (Å²) in [5.41, 5.74) is 3.89. The van der Waals surface area contributed by atoms with E-state index in [1.54, 1.807) is 12.1 Å². The van der Waals surface area contributed by atoms with Crippen molar-refractivity contribution in [2.45, 2.75) is 33.8 Å². The molecular formula is C18H22BNO3. The molecule has 120 valence electrons. The number of amides is 1. The summed E-state index contributed by atoms with van der Waals surface area (Å²) < 4.78 is 5.34. The van der Waals surface area contributed by atoms with Crippen molar-refractivity contribution in [2.24, 2.45) is 0 Å². The fourth-order valence-electron chi connectivity index (χ4n) is 2.60. The van der Waals surface area contributed by atoms with Crippen LogP contribution < -0.4 is 10.8 Å². The molecule has 2 N–H and O–H groups in total. The predicted molar refractivity (Wildman–Crippen MR) is 94.0 cm³/mol. The van der Waals surface area contributed by atoms with Gasteiger partial charge in [-0.1, -0.05) is 38.1 Å². The third-order valence-corrected chi connectivity index (χ3v) is 3.77. The molecule has 23 heavy (non-hydrogen) atoms. The van der Waals surface area contributed by atoms with Gasteiger partial charge in [-0.3, -0.25) is 4.79 Å². The average Bonchev–Trinajstić information content (AvgIpc) is 2.84. The molecule has 0 saturated heterocycles. The quantitative estimate of drug-likeness (QED) is 0.838. The van der Waals surface area contributed by atoms with Crippen LogP contribution in [-0.4, -0.2) is 18.0 Å². The van der Waals surface area contributed by atoms with Gasteiger partial charge in [-0.2, -0.15) is 0 Å². The Morgan fingerprint density at radius 3 is 2.61 bits per heavy atom. The highest BCUT2D eigenvalue weighted by Gasteiger charge is 2.32. The maximum absolute atomic E-state index is 12.3. The molecular weight excluding hydrogens is 289 g/mol. The minimum absolute atomic E-state index is 0.129. The maximum Gasteiger partial charge on any atom is 0.492 e. The van der Waals surface area contributed by atoms with Crippen molar-refractivity contribution >= 4 is 24.2 Å². The second kappa shape index (κ2) is 7.44. The molecule has 4 nitrogen and oxygen atoms in total. The third kappa shape index (κ3) is 3.63. The summed E-state index contributed by atoms with van der Waals surface area (Å²) >= 11 is 0. The van der Waals surface area contributed by atoms with E-state index in [0.29, 0.717) is 16.7 Å². The number of hydrogen-bond donors (Lipinski definition) is 2. The van der Waals surface area contributed by atoms with E-state index in [4.69, 9.17) is 4.65 Å². The molecule has 0 radical (unpaired) electrons. The number of hydrogen-bond acceptors (Lipinski definition) is 3. The highest BCUT2D eigenvalue weighted by atomic mass is 16.5. The summed E-state index contributed by atoms with van der Waals surface area (Å²) in [5.74, 6) is -0.158. The molecule has 0 aliphatic carbocycles. The van der Waals surface area contributed by atoms with E-state index in [2.05, 4.69) is 5.32 Å². The van der Waals surface area contributed by atoms with Crippen molar-refractivity contribution in [1.82, 2.24) is 0 Å². The molecule has 0 saturated carbocycles. The Balaban J connectivity index is 0.000000924. The highest BCUT2D eigenvalue weighted by molar-refractivity contribution is 6.61. The van der Waals surface area contributed by atoms with Crippen LogP contribution in [0.3, 0.4) is 0 Å². The van der Waals surface area contributed by atoms with Crippen LogP contribution in [-0.2, 0) is 4.65 Å². The number of fused-ring (bicyclic) bond motifs is 1. The summed E-state index contributed by atoms with van der Waals surface area (Å²) in [5, 5.41) is 12.7. The summed E-state index contributed by atoms with van der Waals surface area (Å²) in [7, 11) is -0.926. The molecule has 1 atom stereocenters. The van der Waals surface area contributed by atoms with Crippen molar-refractivity contribution in [1.29, 1.82) is 0 Å². The van der Waals surface area contributed by atoms with Crippen LogP contribution in [0.4, 0.5) is 5.69 Å². The first-order valence-corrected chi connectivity index (χ1v) is 7.90. The lowest BCUT2D eigenvalue weighted by atomic mass is 9.79. The van der Waals surface area contributed by atoms with Crippen LogP contribution in [0.15, 0.2) is 42.5 Å². The fourth-order valence-corrected chi connectivity index (χ4v) is 2.60. The Morgan fingerprint density at radius 2 is 1.91 bits per heavy atom. The van der Waals surface area contributed by atoms with Crippen molar-refractivity contribution in [3.8, 4) is 0 Å². The summed E-state index contributed by atoms with van der Waals surface area (Å²) in [6, 6.07) is 12.9. The average molecular weight is 311 g/mol. The Kier molecular flexibility index (Phi) is 5.58. The highest BCUT2D eigenvalue weighted by Crippen LogP contribution is 2.24. The zero-order valence-electron chi connectivity index (χ0n) is 14.0. The van der Waals surface area contributed by atoms with Gasteiger partial charge in [0.1, 0.15) is 0 Å². The molecule has 3 rings (SSSR count). The van der Waals surface area contributed by atoms with Crippen LogP contribution in [0.2, 0.25) is 0 Å². The third-order valence-electron chi connectivity index (χ3n) is 3.77. The molecule has 0 bridgehead atoms. The molecule has 0 fully saturated rings. The molecule has 1 aliphatic heterocycles. The number of carbonyl (C=O) groups excluding carboxylic acids is 1. The van der Waals surface area contributed by atoms with Gasteiger partial charge in [0, 0.05) is 11.3 Å². The first kappa shape index (κ1) is 17.3. The minimum atomic E-state index is -0.926. The Morgan fingerprint density at radius 1 is 1.22 bits per heavy atom. The van der Waals surface area contributed by atoms with E-state index >= 15 is 0 Å². The van der Waals surface area contributed by atoms with Gasteiger partial charge >= 0.3 is 7.12 Å². The lowest BCUT2D eigenvalue weighted by Crippen LogP contribution is -2.28. The number of benzene rings is 2. The summed E-state index contributed by atoms with van der Waals surface area (Å²) in [6.07, 6.45) is -0.129. The van der Waals surface area contributed by atoms with Crippen molar-refractivity contribution in [3.63, 3.8) is 0 Å². The van der Waals surface area contributed by atoms with E-state index in [9.17, 15) is 9.82 Å². The van der Waals surface area contributed by atoms with Crippen LogP contribution in [0.25, 0.3) is 0 Å². The van der Waals surface area contributed by atoms with Gasteiger partial charge < -0.3 is 15.0 Å². The van der Waals surface area contributed by atoms with Crippen LogP contribution in [0.1, 0.15) is 48.4 Å². The molecule has 1 aliphatic rings. The second-order valence-electron chi connectivity index (χ2n) is 5.24. The van der Waals surface area contributed by atoms with Crippen LogP contribution in [0.5, 0.6) is 0 Å². The Hall–Kier alpha value is -2.11. The fraction of sp³-hybridized carbons (Fsp3) is 0.278. The maximum atomic E-state index is 12.3. The number of aryl methyl sites for hydroxylation is 1. The molecule has 0 aromatic heterocycles. The lowest BCUT2D eigenvalue weighted by molar-refractivity contribution is 0.102. The summed E-state index contributed by atoms with van der Waals surface area (Å²) in [4.78, 5) is 12.3. The van der Waals surface area contributed by atoms with Gasteiger partial charge in [0.15, 0.2) is 0 Å². The molecule has 5 heteroatoms. The van der Waals surface area contributed by atoms with Crippen LogP contribution >= 0.6 is 0 Å². The van der Waals surface area contributed by atoms with E-state index in [1.165, 1.54) is 0 Å². The molecule has 1 unspecified atom stereocenters. The lowest BCUT2D eigenvalue weighted by Gasteiger charge is -2.09. The molecule has 2 aromatic carbocycles. The zero-order valence-corrected chi connectivity index (χ0v) is 14.0. The largest absolute Gasteiger partial charge is 0.492 e.